The summed E-state index contributed by atoms with van der Waals surface area (Å²) in [6, 6.07) is 0. The minimum absolute atomic E-state index is 0.241. The van der Waals surface area contributed by atoms with Crippen LogP contribution in [0.25, 0.3) is 0 Å². The van der Waals surface area contributed by atoms with Gasteiger partial charge >= 0.3 is 0 Å². The molecule has 0 aromatic rings. The third kappa shape index (κ3) is 2.09. The van der Waals surface area contributed by atoms with Crippen molar-refractivity contribution in [2.45, 2.75) is 63.8 Å². The van der Waals surface area contributed by atoms with E-state index in [1.165, 1.54) is 38.5 Å². The van der Waals surface area contributed by atoms with Gasteiger partial charge in [0, 0.05) is 6.54 Å². The lowest BCUT2D eigenvalue weighted by molar-refractivity contribution is -0.128. The molecule has 1 heterocycles. The Morgan fingerprint density at radius 3 is 2.25 bits per heavy atom. The summed E-state index contributed by atoms with van der Waals surface area (Å²) in [7, 11) is 0. The molecule has 1 amide bonds. The molecule has 4 bridgehead atoms. The van der Waals surface area contributed by atoms with Crippen LogP contribution in [0.5, 0.6) is 0 Å². The first kappa shape index (κ1) is 13.1. The van der Waals surface area contributed by atoms with Gasteiger partial charge in [0.25, 0.3) is 0 Å². The van der Waals surface area contributed by atoms with E-state index in [0.29, 0.717) is 5.41 Å². The standard InChI is InChI=1S/C17H28N2O/c1-16(3-2-4-19-16)15(20)18-11-17-8-12-5-13(9-17)7-14(6-12)10-17/h12-14,19H,2-11H2,1H3,(H,18,20). The van der Waals surface area contributed by atoms with Gasteiger partial charge < -0.3 is 10.6 Å². The van der Waals surface area contributed by atoms with Gasteiger partial charge in [0.1, 0.15) is 0 Å². The zero-order chi connectivity index (χ0) is 13.8. The second kappa shape index (κ2) is 4.46. The second-order valence-electron chi connectivity index (χ2n) is 8.46. The lowest BCUT2D eigenvalue weighted by Crippen LogP contribution is -2.56. The largest absolute Gasteiger partial charge is 0.354 e. The van der Waals surface area contributed by atoms with Gasteiger partial charge in [0.2, 0.25) is 5.91 Å². The molecule has 1 aliphatic heterocycles. The molecular weight excluding hydrogens is 248 g/mol. The number of nitrogens with one attached hydrogen (secondary N) is 2. The van der Waals surface area contributed by atoms with E-state index in [0.717, 1.165) is 43.7 Å². The number of amides is 1. The van der Waals surface area contributed by atoms with Crippen LogP contribution >= 0.6 is 0 Å². The molecule has 3 nitrogen and oxygen atoms in total. The van der Waals surface area contributed by atoms with Crippen molar-refractivity contribution in [2.75, 3.05) is 13.1 Å². The van der Waals surface area contributed by atoms with E-state index in [-0.39, 0.29) is 11.4 Å². The Balaban J connectivity index is 1.41. The zero-order valence-electron chi connectivity index (χ0n) is 12.7. The van der Waals surface area contributed by atoms with Crippen LogP contribution in [0.1, 0.15) is 58.3 Å². The van der Waals surface area contributed by atoms with Crippen LogP contribution in [0, 0.1) is 23.2 Å². The normalized spacial score (nSPS) is 49.5. The molecule has 2 N–H and O–H groups in total. The molecule has 0 radical (unpaired) electrons. The van der Waals surface area contributed by atoms with E-state index >= 15 is 0 Å². The third-order valence-electron chi connectivity index (χ3n) is 6.66. The lowest BCUT2D eigenvalue weighted by Gasteiger charge is -2.57. The fourth-order valence-corrected chi connectivity index (χ4v) is 6.06. The van der Waals surface area contributed by atoms with E-state index in [1.807, 2.05) is 0 Å². The van der Waals surface area contributed by atoms with E-state index in [4.69, 9.17) is 0 Å². The molecule has 5 fully saturated rings. The molecule has 5 rings (SSSR count). The first-order chi connectivity index (χ1) is 9.57. The Morgan fingerprint density at radius 2 is 1.75 bits per heavy atom. The molecular formula is C17H28N2O. The summed E-state index contributed by atoms with van der Waals surface area (Å²) in [5, 5.41) is 6.70. The topological polar surface area (TPSA) is 41.1 Å². The smallest absolute Gasteiger partial charge is 0.240 e. The minimum atomic E-state index is -0.303. The molecule has 1 saturated heterocycles. The van der Waals surface area contributed by atoms with Crippen LogP contribution in [0.3, 0.4) is 0 Å². The monoisotopic (exact) mass is 276 g/mol. The fraction of sp³-hybridized carbons (Fsp3) is 0.941. The maximum atomic E-state index is 12.5. The molecule has 5 aliphatic rings. The van der Waals surface area contributed by atoms with E-state index in [1.54, 1.807) is 0 Å². The Hall–Kier alpha value is -0.570. The summed E-state index contributed by atoms with van der Waals surface area (Å²) in [5.74, 6) is 3.15. The van der Waals surface area contributed by atoms with Crippen LogP contribution < -0.4 is 10.6 Å². The summed E-state index contributed by atoms with van der Waals surface area (Å²) in [4.78, 5) is 12.5. The predicted octanol–water partition coefficient (Wildman–Crippen LogP) is 2.46. The molecule has 0 spiro atoms. The van der Waals surface area contributed by atoms with E-state index < -0.39 is 0 Å². The molecule has 4 aliphatic carbocycles. The van der Waals surface area contributed by atoms with Crippen LogP contribution in [-0.2, 0) is 4.79 Å². The Kier molecular flexibility index (Phi) is 2.93. The number of carbonyl (C=O) groups is 1. The second-order valence-corrected chi connectivity index (χ2v) is 8.46. The molecule has 112 valence electrons. The first-order valence-corrected chi connectivity index (χ1v) is 8.60. The predicted molar refractivity (Wildman–Crippen MR) is 79.3 cm³/mol. The number of hydrogen-bond donors (Lipinski definition) is 2. The summed E-state index contributed by atoms with van der Waals surface area (Å²) < 4.78 is 0. The maximum absolute atomic E-state index is 12.5. The highest BCUT2D eigenvalue weighted by atomic mass is 16.2. The number of carbonyl (C=O) groups excluding carboxylic acids is 1. The van der Waals surface area contributed by atoms with Gasteiger partial charge in [-0.05, 0) is 88.0 Å². The van der Waals surface area contributed by atoms with Crippen molar-refractivity contribution in [3.63, 3.8) is 0 Å². The van der Waals surface area contributed by atoms with Crippen molar-refractivity contribution in [3.8, 4) is 0 Å². The molecule has 20 heavy (non-hydrogen) atoms. The zero-order valence-corrected chi connectivity index (χ0v) is 12.7. The van der Waals surface area contributed by atoms with Crippen LogP contribution in [0.2, 0.25) is 0 Å². The summed E-state index contributed by atoms with van der Waals surface area (Å²) in [6.45, 7) is 3.99. The Bertz CT molecular complexity index is 376. The Labute approximate surface area is 122 Å². The highest BCUT2D eigenvalue weighted by Gasteiger charge is 2.51. The molecule has 0 aromatic carbocycles. The average molecular weight is 276 g/mol. The number of hydrogen-bond acceptors (Lipinski definition) is 2. The summed E-state index contributed by atoms with van der Waals surface area (Å²) in [6.07, 6.45) is 10.7. The average Bonchev–Trinajstić information content (AvgIpc) is 2.83. The molecule has 1 atom stereocenters. The van der Waals surface area contributed by atoms with Crippen molar-refractivity contribution in [1.29, 1.82) is 0 Å². The summed E-state index contributed by atoms with van der Waals surface area (Å²) in [5.41, 5.74) is 0.154. The van der Waals surface area contributed by atoms with Gasteiger partial charge in [-0.1, -0.05) is 0 Å². The van der Waals surface area contributed by atoms with Gasteiger partial charge in [-0.25, -0.2) is 0 Å². The highest BCUT2D eigenvalue weighted by Crippen LogP contribution is 2.59. The molecule has 1 unspecified atom stereocenters. The van der Waals surface area contributed by atoms with Gasteiger partial charge in [0.15, 0.2) is 0 Å². The number of rotatable bonds is 3. The molecule has 3 heteroatoms. The summed E-state index contributed by atoms with van der Waals surface area (Å²) >= 11 is 0. The van der Waals surface area contributed by atoms with Crippen molar-refractivity contribution in [1.82, 2.24) is 10.6 Å². The van der Waals surface area contributed by atoms with E-state index in [9.17, 15) is 4.79 Å². The first-order valence-electron chi connectivity index (χ1n) is 8.60. The molecule has 4 saturated carbocycles. The van der Waals surface area contributed by atoms with Gasteiger partial charge in [0.05, 0.1) is 5.54 Å². The molecule has 0 aromatic heterocycles. The SMILES string of the molecule is CC1(C(=O)NCC23CC4CC(CC(C4)C2)C3)CCCN1. The van der Waals surface area contributed by atoms with Crippen molar-refractivity contribution in [2.24, 2.45) is 23.2 Å². The van der Waals surface area contributed by atoms with E-state index in [2.05, 4.69) is 17.6 Å². The van der Waals surface area contributed by atoms with Crippen molar-refractivity contribution >= 4 is 5.91 Å². The van der Waals surface area contributed by atoms with Crippen molar-refractivity contribution in [3.05, 3.63) is 0 Å². The van der Waals surface area contributed by atoms with Crippen LogP contribution in [0.4, 0.5) is 0 Å². The van der Waals surface area contributed by atoms with Crippen LogP contribution in [0.15, 0.2) is 0 Å². The third-order valence-corrected chi connectivity index (χ3v) is 6.66. The van der Waals surface area contributed by atoms with Gasteiger partial charge in [-0.2, -0.15) is 0 Å². The van der Waals surface area contributed by atoms with Crippen LogP contribution in [-0.4, -0.2) is 24.5 Å². The Morgan fingerprint density at radius 1 is 1.15 bits per heavy atom. The quantitative estimate of drug-likeness (QED) is 0.831. The fourth-order valence-electron chi connectivity index (χ4n) is 6.06. The van der Waals surface area contributed by atoms with Gasteiger partial charge in [-0.15, -0.1) is 0 Å². The van der Waals surface area contributed by atoms with Crippen molar-refractivity contribution < 1.29 is 4.79 Å². The van der Waals surface area contributed by atoms with Gasteiger partial charge in [-0.3, -0.25) is 4.79 Å². The maximum Gasteiger partial charge on any atom is 0.240 e. The lowest BCUT2D eigenvalue weighted by atomic mass is 9.49. The highest BCUT2D eigenvalue weighted by molar-refractivity contribution is 5.86. The minimum Gasteiger partial charge on any atom is -0.354 e.